The van der Waals surface area contributed by atoms with Crippen molar-refractivity contribution in [2.45, 2.75) is 36.7 Å². The van der Waals surface area contributed by atoms with Gasteiger partial charge in [-0.15, -0.1) is 10.2 Å². The molecule has 2 aromatic carbocycles. The summed E-state index contributed by atoms with van der Waals surface area (Å²) in [6.07, 6.45) is 0.751. The Morgan fingerprint density at radius 1 is 1.21 bits per heavy atom. The Balaban J connectivity index is 1.68. The van der Waals surface area contributed by atoms with Crippen LogP contribution in [0.15, 0.2) is 53.7 Å². The van der Waals surface area contributed by atoms with Crippen molar-refractivity contribution in [2.75, 3.05) is 10.7 Å². The van der Waals surface area contributed by atoms with Crippen LogP contribution in [0, 0.1) is 6.92 Å². The zero-order valence-corrected chi connectivity index (χ0v) is 17.1. The molecule has 1 aromatic heterocycles. The highest BCUT2D eigenvalue weighted by atomic mass is 35.5. The van der Waals surface area contributed by atoms with E-state index in [0.29, 0.717) is 15.9 Å². The van der Waals surface area contributed by atoms with Crippen molar-refractivity contribution >= 4 is 35.0 Å². The average Bonchev–Trinajstić information content (AvgIpc) is 3.13. The largest absolute Gasteiger partial charge is 0.325 e. The first-order chi connectivity index (χ1) is 13.6. The van der Waals surface area contributed by atoms with E-state index in [4.69, 9.17) is 11.6 Å². The maximum Gasteiger partial charge on any atom is 0.240 e. The van der Waals surface area contributed by atoms with Gasteiger partial charge in [-0.05, 0) is 30.2 Å². The minimum atomic E-state index is -0.415. The first-order valence-electron chi connectivity index (χ1n) is 9.07. The standard InChI is InChI=1S/C20H20ClN5OS/c1-3-16-23-24-20-26(16)25-17(13-8-5-4-6-9-13)18(28-20)19(27)22-15-11-7-10-14(21)12(15)2/h4-11,17-18,25H,3H2,1-2H3,(H,22,27)/t17-,18+/m0/s1. The zero-order chi connectivity index (χ0) is 19.7. The second kappa shape index (κ2) is 7.85. The lowest BCUT2D eigenvalue weighted by atomic mass is 10.0. The van der Waals surface area contributed by atoms with Gasteiger partial charge in [0.25, 0.3) is 0 Å². The number of halogens is 1. The van der Waals surface area contributed by atoms with Gasteiger partial charge in [-0.25, -0.2) is 4.68 Å². The SMILES string of the molecule is CCc1nnc2n1N[C@@H](c1ccccc1)[C@H](C(=O)Nc1cccc(Cl)c1C)S2. The summed E-state index contributed by atoms with van der Waals surface area (Å²) in [4.78, 5) is 13.2. The van der Waals surface area contributed by atoms with Gasteiger partial charge in [-0.1, -0.05) is 66.7 Å². The lowest BCUT2D eigenvalue weighted by Gasteiger charge is -2.33. The molecule has 0 saturated carbocycles. The molecule has 0 spiro atoms. The molecule has 6 nitrogen and oxygen atoms in total. The molecule has 0 radical (unpaired) electrons. The van der Waals surface area contributed by atoms with Gasteiger partial charge in [0.1, 0.15) is 5.25 Å². The summed E-state index contributed by atoms with van der Waals surface area (Å²) >= 11 is 7.62. The number of rotatable bonds is 4. The number of carbonyl (C=O) groups is 1. The van der Waals surface area contributed by atoms with E-state index in [2.05, 4.69) is 20.9 Å². The molecule has 0 fully saturated rings. The molecule has 1 aliphatic rings. The summed E-state index contributed by atoms with van der Waals surface area (Å²) in [5, 5.41) is 12.4. The number of nitrogens with zero attached hydrogens (tertiary/aromatic N) is 3. The molecule has 0 bridgehead atoms. The van der Waals surface area contributed by atoms with Crippen LogP contribution >= 0.6 is 23.4 Å². The van der Waals surface area contributed by atoms with Crippen LogP contribution in [0.4, 0.5) is 5.69 Å². The summed E-state index contributed by atoms with van der Waals surface area (Å²) in [6, 6.07) is 15.2. The van der Waals surface area contributed by atoms with Crippen molar-refractivity contribution in [2.24, 2.45) is 0 Å². The van der Waals surface area contributed by atoms with E-state index < -0.39 is 5.25 Å². The molecular weight excluding hydrogens is 394 g/mol. The van der Waals surface area contributed by atoms with Crippen molar-refractivity contribution < 1.29 is 4.79 Å². The number of benzene rings is 2. The molecule has 0 unspecified atom stereocenters. The third-order valence-corrected chi connectivity index (χ3v) is 6.39. The van der Waals surface area contributed by atoms with Crippen LogP contribution in [-0.2, 0) is 11.2 Å². The van der Waals surface area contributed by atoms with E-state index >= 15 is 0 Å². The van der Waals surface area contributed by atoms with Gasteiger partial charge >= 0.3 is 0 Å². The summed E-state index contributed by atoms with van der Waals surface area (Å²) < 4.78 is 1.89. The molecule has 2 heterocycles. The maximum atomic E-state index is 13.2. The molecule has 2 N–H and O–H groups in total. The molecule has 1 aliphatic heterocycles. The van der Waals surface area contributed by atoms with E-state index in [0.717, 1.165) is 23.4 Å². The number of thioether (sulfide) groups is 1. The molecule has 28 heavy (non-hydrogen) atoms. The van der Waals surface area contributed by atoms with Gasteiger partial charge in [0, 0.05) is 17.1 Å². The van der Waals surface area contributed by atoms with Crippen LogP contribution in [0.25, 0.3) is 0 Å². The van der Waals surface area contributed by atoms with Crippen LogP contribution in [-0.4, -0.2) is 26.0 Å². The Morgan fingerprint density at radius 3 is 2.75 bits per heavy atom. The van der Waals surface area contributed by atoms with Gasteiger partial charge in [-0.2, -0.15) is 0 Å². The van der Waals surface area contributed by atoms with Crippen molar-refractivity contribution in [3.05, 3.63) is 70.5 Å². The molecule has 3 aromatic rings. The second-order valence-corrected chi connectivity index (χ2v) is 8.06. The number of carbonyl (C=O) groups excluding carboxylic acids is 1. The van der Waals surface area contributed by atoms with E-state index in [9.17, 15) is 4.79 Å². The highest BCUT2D eigenvalue weighted by Crippen LogP contribution is 2.38. The van der Waals surface area contributed by atoms with Crippen LogP contribution in [0.1, 0.15) is 29.9 Å². The van der Waals surface area contributed by atoms with Crippen LogP contribution in [0.5, 0.6) is 0 Å². The van der Waals surface area contributed by atoms with Crippen molar-refractivity contribution in [1.29, 1.82) is 0 Å². The Hall–Kier alpha value is -2.51. The maximum absolute atomic E-state index is 13.2. The van der Waals surface area contributed by atoms with Crippen LogP contribution < -0.4 is 10.7 Å². The topological polar surface area (TPSA) is 71.8 Å². The Bertz CT molecular complexity index is 1010. The number of aryl methyl sites for hydroxylation is 1. The van der Waals surface area contributed by atoms with Gasteiger partial charge < -0.3 is 10.7 Å². The molecule has 144 valence electrons. The van der Waals surface area contributed by atoms with E-state index in [1.165, 1.54) is 11.8 Å². The monoisotopic (exact) mass is 413 g/mol. The zero-order valence-electron chi connectivity index (χ0n) is 15.5. The molecular formula is C20H20ClN5OS. The first-order valence-corrected chi connectivity index (χ1v) is 10.3. The van der Waals surface area contributed by atoms with Crippen LogP contribution in [0.3, 0.4) is 0 Å². The number of fused-ring (bicyclic) bond motifs is 1. The summed E-state index contributed by atoms with van der Waals surface area (Å²) in [6.45, 7) is 3.92. The fourth-order valence-corrected chi connectivity index (χ4v) is 4.46. The summed E-state index contributed by atoms with van der Waals surface area (Å²) in [5.41, 5.74) is 6.03. The molecule has 4 rings (SSSR count). The predicted octanol–water partition coefficient (Wildman–Crippen LogP) is 4.20. The number of hydrogen-bond donors (Lipinski definition) is 2. The number of hydrogen-bond acceptors (Lipinski definition) is 5. The number of amides is 1. The van der Waals surface area contributed by atoms with Crippen molar-refractivity contribution in [3.8, 4) is 0 Å². The van der Waals surface area contributed by atoms with Gasteiger partial charge in [0.15, 0.2) is 5.82 Å². The Kier molecular flexibility index (Phi) is 5.28. The fourth-order valence-electron chi connectivity index (χ4n) is 3.18. The first kappa shape index (κ1) is 18.8. The summed E-state index contributed by atoms with van der Waals surface area (Å²) in [5.74, 6) is 0.733. The molecule has 0 saturated heterocycles. The lowest BCUT2D eigenvalue weighted by Crippen LogP contribution is -2.41. The van der Waals surface area contributed by atoms with Gasteiger partial charge in [0.2, 0.25) is 11.1 Å². The third kappa shape index (κ3) is 3.47. The Morgan fingerprint density at radius 2 is 2.00 bits per heavy atom. The van der Waals surface area contributed by atoms with Crippen molar-refractivity contribution in [1.82, 2.24) is 14.9 Å². The fraction of sp³-hybridized carbons (Fsp3) is 0.250. The molecule has 2 atom stereocenters. The number of anilines is 1. The normalized spacial score (nSPS) is 18.2. The molecule has 8 heteroatoms. The van der Waals surface area contributed by atoms with Gasteiger partial charge in [0.05, 0.1) is 6.04 Å². The van der Waals surface area contributed by atoms with E-state index in [1.807, 2.05) is 67.1 Å². The summed E-state index contributed by atoms with van der Waals surface area (Å²) in [7, 11) is 0. The molecule has 1 amide bonds. The third-order valence-electron chi connectivity index (χ3n) is 4.76. The smallest absolute Gasteiger partial charge is 0.240 e. The number of nitrogens with one attached hydrogen (secondary N) is 2. The highest BCUT2D eigenvalue weighted by molar-refractivity contribution is 8.00. The Labute approximate surface area is 172 Å². The van der Waals surface area contributed by atoms with E-state index in [1.54, 1.807) is 0 Å². The number of aromatic nitrogens is 3. The molecule has 0 aliphatic carbocycles. The van der Waals surface area contributed by atoms with Gasteiger partial charge in [-0.3, -0.25) is 4.79 Å². The van der Waals surface area contributed by atoms with Crippen LogP contribution in [0.2, 0.25) is 5.02 Å². The quantitative estimate of drug-likeness (QED) is 0.670. The predicted molar refractivity (Wildman–Crippen MR) is 112 cm³/mol. The van der Waals surface area contributed by atoms with E-state index in [-0.39, 0.29) is 11.9 Å². The van der Waals surface area contributed by atoms with Crippen molar-refractivity contribution in [3.63, 3.8) is 0 Å². The highest BCUT2D eigenvalue weighted by Gasteiger charge is 2.37. The minimum absolute atomic E-state index is 0.107. The average molecular weight is 414 g/mol. The second-order valence-electron chi connectivity index (χ2n) is 6.55. The minimum Gasteiger partial charge on any atom is -0.325 e. The lowest BCUT2D eigenvalue weighted by molar-refractivity contribution is -0.116.